The Morgan fingerprint density at radius 3 is 2.24 bits per heavy atom. The Morgan fingerprint density at radius 2 is 1.72 bits per heavy atom. The number of hydrogen-bond acceptors (Lipinski definition) is 5. The van der Waals surface area contributed by atoms with Crippen molar-refractivity contribution in [2.24, 2.45) is 0 Å². The molecule has 0 spiro atoms. The number of benzene rings is 1. The number of hydrazine groups is 1. The zero-order chi connectivity index (χ0) is 18.1. The number of imide groups is 1. The van der Waals surface area contributed by atoms with Gasteiger partial charge >= 0.3 is 6.09 Å². The fraction of sp³-hybridized carbons (Fsp3) is 0.125. The molecule has 2 aromatic rings. The second kappa shape index (κ2) is 6.70. The van der Waals surface area contributed by atoms with Gasteiger partial charge in [-0.2, -0.15) is 5.01 Å². The summed E-state index contributed by atoms with van der Waals surface area (Å²) < 4.78 is 4.71. The van der Waals surface area contributed by atoms with Gasteiger partial charge in [-0.15, -0.1) is 0 Å². The van der Waals surface area contributed by atoms with Gasteiger partial charge in [0.2, 0.25) is 0 Å². The Hall–Kier alpha value is -2.64. The number of hydrogen-bond donors (Lipinski definition) is 0. The number of amides is 3. The number of carbonyl (C=O) groups is 3. The highest BCUT2D eigenvalue weighted by atomic mass is 35.5. The van der Waals surface area contributed by atoms with Gasteiger partial charge in [-0.25, -0.2) is 14.8 Å². The number of ether oxygens (including phenoxy) is 1. The van der Waals surface area contributed by atoms with Crippen LogP contribution in [0.25, 0.3) is 0 Å². The average molecular weight is 380 g/mol. The van der Waals surface area contributed by atoms with E-state index in [0.717, 1.165) is 17.1 Å². The number of halogens is 2. The average Bonchev–Trinajstić information content (AvgIpc) is 2.85. The number of pyridine rings is 1. The van der Waals surface area contributed by atoms with E-state index in [4.69, 9.17) is 27.9 Å². The van der Waals surface area contributed by atoms with Gasteiger partial charge in [0.05, 0.1) is 24.8 Å². The Balaban J connectivity index is 1.99. The number of methoxy groups -OCH3 is 1. The van der Waals surface area contributed by atoms with Crippen LogP contribution < -0.4 is 0 Å². The molecular formula is C16H11Cl2N3O4. The van der Waals surface area contributed by atoms with Gasteiger partial charge in [-0.1, -0.05) is 41.4 Å². The van der Waals surface area contributed by atoms with Crippen LogP contribution in [0.15, 0.2) is 36.4 Å². The lowest BCUT2D eigenvalue weighted by atomic mass is 10.1. The van der Waals surface area contributed by atoms with E-state index in [1.165, 1.54) is 18.2 Å². The normalized spacial score (nSPS) is 13.0. The molecule has 128 valence electrons. The summed E-state index contributed by atoms with van der Waals surface area (Å²) in [7, 11) is 1.15. The molecule has 1 aromatic heterocycles. The van der Waals surface area contributed by atoms with Crippen LogP contribution in [-0.2, 0) is 11.3 Å². The molecule has 1 aliphatic rings. The van der Waals surface area contributed by atoms with Crippen LogP contribution in [0.1, 0.15) is 26.3 Å². The Morgan fingerprint density at radius 1 is 1.12 bits per heavy atom. The zero-order valence-corrected chi connectivity index (χ0v) is 14.4. The van der Waals surface area contributed by atoms with Gasteiger partial charge in [0, 0.05) is 5.56 Å². The van der Waals surface area contributed by atoms with Crippen LogP contribution in [-0.4, -0.2) is 40.0 Å². The minimum absolute atomic E-state index is 0.0537. The van der Waals surface area contributed by atoms with Crippen LogP contribution in [0.4, 0.5) is 4.79 Å². The lowest BCUT2D eigenvalue weighted by molar-refractivity contribution is -0.00119. The largest absolute Gasteiger partial charge is 0.451 e. The van der Waals surface area contributed by atoms with Gasteiger partial charge in [0.15, 0.2) is 0 Å². The van der Waals surface area contributed by atoms with Crippen molar-refractivity contribution in [3.05, 3.63) is 63.4 Å². The molecule has 2 heterocycles. The third kappa shape index (κ3) is 3.04. The van der Waals surface area contributed by atoms with Crippen molar-refractivity contribution in [2.75, 3.05) is 7.11 Å². The van der Waals surface area contributed by atoms with Gasteiger partial charge in [0.25, 0.3) is 11.8 Å². The molecule has 0 radical (unpaired) electrons. The van der Waals surface area contributed by atoms with Crippen LogP contribution in [0.2, 0.25) is 10.3 Å². The van der Waals surface area contributed by atoms with Crippen LogP contribution in [0.5, 0.6) is 0 Å². The standard InChI is InChI=1S/C16H11Cl2N3O4/c1-25-16(24)20(8-9-6-7-12(17)19-13(9)18)21-14(22)10-4-2-3-5-11(10)15(21)23/h2-7H,8H2,1H3. The fourth-order valence-corrected chi connectivity index (χ4v) is 2.84. The topological polar surface area (TPSA) is 79.8 Å². The van der Waals surface area contributed by atoms with Gasteiger partial charge in [-0.05, 0) is 18.2 Å². The smallest absolute Gasteiger partial charge is 0.429 e. The highest BCUT2D eigenvalue weighted by molar-refractivity contribution is 6.32. The Kier molecular flexibility index (Phi) is 4.61. The van der Waals surface area contributed by atoms with E-state index in [2.05, 4.69) is 4.98 Å². The van der Waals surface area contributed by atoms with Crippen molar-refractivity contribution in [1.82, 2.24) is 15.0 Å². The van der Waals surface area contributed by atoms with Crippen molar-refractivity contribution >= 4 is 41.1 Å². The zero-order valence-electron chi connectivity index (χ0n) is 12.9. The maximum Gasteiger partial charge on any atom is 0.429 e. The summed E-state index contributed by atoms with van der Waals surface area (Å²) in [6, 6.07) is 9.34. The monoisotopic (exact) mass is 379 g/mol. The second-order valence-electron chi connectivity index (χ2n) is 5.08. The van der Waals surface area contributed by atoms with E-state index in [1.54, 1.807) is 18.2 Å². The highest BCUT2D eigenvalue weighted by Crippen LogP contribution is 2.27. The minimum atomic E-state index is -0.888. The van der Waals surface area contributed by atoms with Crippen molar-refractivity contribution < 1.29 is 19.1 Å². The Labute approximate surface area is 152 Å². The molecule has 7 nitrogen and oxygen atoms in total. The second-order valence-corrected chi connectivity index (χ2v) is 5.82. The maximum absolute atomic E-state index is 12.6. The summed E-state index contributed by atoms with van der Waals surface area (Å²) in [5.41, 5.74) is 0.816. The molecule has 9 heteroatoms. The maximum atomic E-state index is 12.6. The number of aromatic nitrogens is 1. The molecular weight excluding hydrogens is 369 g/mol. The lowest BCUT2D eigenvalue weighted by Crippen LogP contribution is -2.49. The summed E-state index contributed by atoms with van der Waals surface area (Å²) in [6.07, 6.45) is -0.888. The molecule has 25 heavy (non-hydrogen) atoms. The molecule has 0 saturated heterocycles. The number of carbonyl (C=O) groups excluding carboxylic acids is 3. The third-order valence-corrected chi connectivity index (χ3v) is 4.15. The van der Waals surface area contributed by atoms with Crippen molar-refractivity contribution in [1.29, 1.82) is 0 Å². The molecule has 0 saturated carbocycles. The summed E-state index contributed by atoms with van der Waals surface area (Å²) in [6.45, 7) is -0.193. The molecule has 0 aliphatic carbocycles. The van der Waals surface area contributed by atoms with Gasteiger partial charge in [-0.3, -0.25) is 9.59 Å². The van der Waals surface area contributed by atoms with E-state index in [1.807, 2.05) is 0 Å². The first-order chi connectivity index (χ1) is 11.9. The van der Waals surface area contributed by atoms with E-state index < -0.39 is 17.9 Å². The van der Waals surface area contributed by atoms with E-state index >= 15 is 0 Å². The Bertz CT molecular complexity index is 852. The summed E-state index contributed by atoms with van der Waals surface area (Å²) in [4.78, 5) is 41.2. The van der Waals surface area contributed by atoms with Crippen molar-refractivity contribution in [2.45, 2.75) is 6.54 Å². The summed E-state index contributed by atoms with van der Waals surface area (Å²) in [5, 5.41) is 1.85. The van der Waals surface area contributed by atoms with Crippen LogP contribution >= 0.6 is 23.2 Å². The number of fused-ring (bicyclic) bond motifs is 1. The predicted octanol–water partition coefficient (Wildman–Crippen LogP) is 3.17. The van der Waals surface area contributed by atoms with Crippen molar-refractivity contribution in [3.63, 3.8) is 0 Å². The summed E-state index contributed by atoms with van der Waals surface area (Å²) >= 11 is 11.8. The molecule has 1 aliphatic heterocycles. The summed E-state index contributed by atoms with van der Waals surface area (Å²) in [5.74, 6) is -1.24. The van der Waals surface area contributed by atoms with Crippen LogP contribution in [0, 0.1) is 0 Å². The highest BCUT2D eigenvalue weighted by Gasteiger charge is 2.41. The predicted molar refractivity (Wildman–Crippen MR) is 89.1 cm³/mol. The number of nitrogens with zero attached hydrogens (tertiary/aromatic N) is 3. The molecule has 1 aromatic carbocycles. The lowest BCUT2D eigenvalue weighted by Gasteiger charge is -2.28. The van der Waals surface area contributed by atoms with E-state index in [-0.39, 0.29) is 28.0 Å². The molecule has 3 rings (SSSR count). The molecule has 0 fully saturated rings. The van der Waals surface area contributed by atoms with Crippen LogP contribution in [0.3, 0.4) is 0 Å². The molecule has 0 unspecified atom stereocenters. The third-order valence-electron chi connectivity index (χ3n) is 3.61. The van der Waals surface area contributed by atoms with E-state index in [9.17, 15) is 14.4 Å². The van der Waals surface area contributed by atoms with Crippen molar-refractivity contribution in [3.8, 4) is 0 Å². The molecule has 0 N–H and O–H groups in total. The minimum Gasteiger partial charge on any atom is -0.451 e. The first-order valence-corrected chi connectivity index (χ1v) is 7.83. The SMILES string of the molecule is COC(=O)N(Cc1ccc(Cl)nc1Cl)N1C(=O)c2ccccc2C1=O. The van der Waals surface area contributed by atoms with Gasteiger partial charge < -0.3 is 4.74 Å². The molecule has 0 bridgehead atoms. The molecule has 3 amide bonds. The fourth-order valence-electron chi connectivity index (χ4n) is 2.44. The van der Waals surface area contributed by atoms with Gasteiger partial charge in [0.1, 0.15) is 10.3 Å². The van der Waals surface area contributed by atoms with E-state index in [0.29, 0.717) is 5.56 Å². The first-order valence-electron chi connectivity index (χ1n) is 7.08. The molecule has 0 atom stereocenters. The quantitative estimate of drug-likeness (QED) is 0.604. The number of rotatable bonds is 3. The first kappa shape index (κ1) is 17.2.